The van der Waals surface area contributed by atoms with Gasteiger partial charge in [0.05, 0.1) is 0 Å². The summed E-state index contributed by atoms with van der Waals surface area (Å²) < 4.78 is 0. The average molecular weight is 300 g/mol. The molecule has 2 aliphatic rings. The molecule has 2 fully saturated rings. The largest absolute Gasteiger partial charge is 0.355 e. The van der Waals surface area contributed by atoms with Crippen molar-refractivity contribution in [3.05, 3.63) is 35.9 Å². The summed E-state index contributed by atoms with van der Waals surface area (Å²) in [6.45, 7) is 4.61. The smallest absolute Gasteiger partial charge is 0.191 e. The van der Waals surface area contributed by atoms with Crippen LogP contribution in [-0.4, -0.2) is 50.1 Å². The minimum absolute atomic E-state index is 0.531. The Labute approximate surface area is 134 Å². The average Bonchev–Trinajstić information content (AvgIpc) is 3.35. The molecule has 0 bridgehead atoms. The molecule has 0 amide bonds. The molecule has 4 nitrogen and oxygen atoms in total. The van der Waals surface area contributed by atoms with Crippen LogP contribution in [0.2, 0.25) is 0 Å². The van der Waals surface area contributed by atoms with E-state index in [1.807, 2.05) is 7.05 Å². The molecule has 2 unspecified atom stereocenters. The lowest BCUT2D eigenvalue weighted by molar-refractivity contribution is 0.232. The van der Waals surface area contributed by atoms with Gasteiger partial charge in [0.2, 0.25) is 0 Å². The van der Waals surface area contributed by atoms with Crippen LogP contribution in [0.15, 0.2) is 35.3 Å². The van der Waals surface area contributed by atoms with Gasteiger partial charge in [-0.1, -0.05) is 36.8 Å². The maximum Gasteiger partial charge on any atom is 0.191 e. The monoisotopic (exact) mass is 300 g/mol. The number of rotatable bonds is 5. The molecular formula is C18H28N4. The van der Waals surface area contributed by atoms with Gasteiger partial charge < -0.3 is 15.5 Å². The van der Waals surface area contributed by atoms with E-state index in [1.165, 1.54) is 44.3 Å². The predicted octanol–water partition coefficient (Wildman–Crippen LogP) is 2.19. The van der Waals surface area contributed by atoms with Gasteiger partial charge in [-0.05, 0) is 37.9 Å². The molecule has 0 aromatic heterocycles. The Morgan fingerprint density at radius 2 is 1.95 bits per heavy atom. The summed E-state index contributed by atoms with van der Waals surface area (Å²) in [7, 11) is 1.86. The van der Waals surface area contributed by atoms with Gasteiger partial charge in [-0.3, -0.25) is 4.99 Å². The van der Waals surface area contributed by atoms with E-state index in [2.05, 4.69) is 50.9 Å². The number of nitrogens with one attached hydrogen (secondary N) is 2. The molecule has 1 aromatic carbocycles. The van der Waals surface area contributed by atoms with Crippen LogP contribution in [0.5, 0.6) is 0 Å². The third-order valence-electron chi connectivity index (χ3n) is 4.73. The van der Waals surface area contributed by atoms with Gasteiger partial charge in [-0.25, -0.2) is 0 Å². The topological polar surface area (TPSA) is 39.7 Å². The van der Waals surface area contributed by atoms with Crippen LogP contribution in [0.1, 0.15) is 37.2 Å². The van der Waals surface area contributed by atoms with Crippen LogP contribution in [0.4, 0.5) is 0 Å². The lowest BCUT2D eigenvalue weighted by Crippen LogP contribution is -2.43. The minimum Gasteiger partial charge on any atom is -0.355 e. The number of nitrogens with zero attached hydrogens (tertiary/aromatic N) is 2. The van der Waals surface area contributed by atoms with Gasteiger partial charge in [0.15, 0.2) is 5.96 Å². The van der Waals surface area contributed by atoms with E-state index in [0.717, 1.165) is 19.0 Å². The van der Waals surface area contributed by atoms with E-state index in [0.29, 0.717) is 12.0 Å². The van der Waals surface area contributed by atoms with Crippen molar-refractivity contribution in [3.8, 4) is 0 Å². The fourth-order valence-corrected chi connectivity index (χ4v) is 3.31. The number of piperidine rings is 1. The van der Waals surface area contributed by atoms with Crippen molar-refractivity contribution in [1.82, 2.24) is 15.5 Å². The zero-order valence-corrected chi connectivity index (χ0v) is 13.6. The Balaban J connectivity index is 1.38. The van der Waals surface area contributed by atoms with Crippen LogP contribution in [0.3, 0.4) is 0 Å². The molecule has 1 heterocycles. The van der Waals surface area contributed by atoms with E-state index in [4.69, 9.17) is 0 Å². The first-order chi connectivity index (χ1) is 10.9. The Morgan fingerprint density at radius 1 is 1.18 bits per heavy atom. The molecular weight excluding hydrogens is 272 g/mol. The molecule has 120 valence electrons. The second-order valence-electron chi connectivity index (χ2n) is 6.41. The highest BCUT2D eigenvalue weighted by molar-refractivity contribution is 5.80. The van der Waals surface area contributed by atoms with Crippen molar-refractivity contribution in [3.63, 3.8) is 0 Å². The van der Waals surface area contributed by atoms with Crippen LogP contribution >= 0.6 is 0 Å². The van der Waals surface area contributed by atoms with Gasteiger partial charge in [0, 0.05) is 32.1 Å². The van der Waals surface area contributed by atoms with Gasteiger partial charge in [0.1, 0.15) is 0 Å². The molecule has 2 N–H and O–H groups in total. The van der Waals surface area contributed by atoms with Crippen molar-refractivity contribution < 1.29 is 0 Å². The Morgan fingerprint density at radius 3 is 2.68 bits per heavy atom. The summed E-state index contributed by atoms with van der Waals surface area (Å²) in [6, 6.07) is 11.3. The zero-order valence-electron chi connectivity index (χ0n) is 13.6. The standard InChI is InChI=1S/C18H28N4/c1-19-18(20-10-13-22-11-6-3-7-12-22)21-17-14-16(17)15-8-4-2-5-9-15/h2,4-5,8-9,16-17H,3,6-7,10-14H2,1H3,(H2,19,20,21). The fourth-order valence-electron chi connectivity index (χ4n) is 3.31. The molecule has 22 heavy (non-hydrogen) atoms. The summed E-state index contributed by atoms with van der Waals surface area (Å²) in [5.74, 6) is 1.59. The predicted molar refractivity (Wildman–Crippen MR) is 92.4 cm³/mol. The molecule has 0 radical (unpaired) electrons. The number of hydrogen-bond acceptors (Lipinski definition) is 2. The number of aliphatic imine (C=N–C) groups is 1. The van der Waals surface area contributed by atoms with Crippen molar-refractivity contribution in [2.24, 2.45) is 4.99 Å². The van der Waals surface area contributed by atoms with E-state index in [1.54, 1.807) is 0 Å². The second-order valence-corrected chi connectivity index (χ2v) is 6.41. The van der Waals surface area contributed by atoms with Gasteiger partial charge >= 0.3 is 0 Å². The highest BCUT2D eigenvalue weighted by Crippen LogP contribution is 2.40. The first-order valence-electron chi connectivity index (χ1n) is 8.61. The Hall–Kier alpha value is -1.55. The van der Waals surface area contributed by atoms with Crippen LogP contribution < -0.4 is 10.6 Å². The number of likely N-dealkylation sites (tertiary alicyclic amines) is 1. The fraction of sp³-hybridized carbons (Fsp3) is 0.611. The maximum absolute atomic E-state index is 4.35. The van der Waals surface area contributed by atoms with Crippen molar-refractivity contribution in [2.45, 2.75) is 37.6 Å². The minimum atomic E-state index is 0.531. The summed E-state index contributed by atoms with van der Waals surface area (Å²) >= 11 is 0. The molecule has 1 saturated heterocycles. The van der Waals surface area contributed by atoms with E-state index in [-0.39, 0.29) is 0 Å². The van der Waals surface area contributed by atoms with Crippen LogP contribution in [0, 0.1) is 0 Å². The summed E-state index contributed by atoms with van der Waals surface area (Å²) in [5, 5.41) is 7.00. The SMILES string of the molecule is CN=C(NCCN1CCCCC1)NC1CC1c1ccccc1. The first kappa shape index (κ1) is 15.3. The van der Waals surface area contributed by atoms with Crippen molar-refractivity contribution in [1.29, 1.82) is 0 Å². The number of guanidine groups is 1. The quantitative estimate of drug-likeness (QED) is 0.647. The molecule has 0 spiro atoms. The normalized spacial score (nSPS) is 25.8. The lowest BCUT2D eigenvalue weighted by atomic mass is 10.1. The van der Waals surface area contributed by atoms with Gasteiger partial charge in [0.25, 0.3) is 0 Å². The molecule has 1 aliphatic carbocycles. The molecule has 4 heteroatoms. The third kappa shape index (κ3) is 4.23. The summed E-state index contributed by atoms with van der Waals surface area (Å²) in [4.78, 5) is 6.90. The number of benzene rings is 1. The summed E-state index contributed by atoms with van der Waals surface area (Å²) in [6.07, 6.45) is 5.31. The van der Waals surface area contributed by atoms with E-state index in [9.17, 15) is 0 Å². The lowest BCUT2D eigenvalue weighted by Gasteiger charge is -2.26. The molecule has 2 atom stereocenters. The van der Waals surface area contributed by atoms with Gasteiger partial charge in [-0.2, -0.15) is 0 Å². The molecule has 1 saturated carbocycles. The zero-order chi connectivity index (χ0) is 15.2. The van der Waals surface area contributed by atoms with Crippen molar-refractivity contribution in [2.75, 3.05) is 33.2 Å². The third-order valence-corrected chi connectivity index (χ3v) is 4.73. The Kier molecular flexibility index (Phi) is 5.33. The highest BCUT2D eigenvalue weighted by Gasteiger charge is 2.38. The van der Waals surface area contributed by atoms with Crippen LogP contribution in [0.25, 0.3) is 0 Å². The highest BCUT2D eigenvalue weighted by atomic mass is 15.2. The molecule has 1 aromatic rings. The van der Waals surface area contributed by atoms with Crippen molar-refractivity contribution >= 4 is 5.96 Å². The summed E-state index contributed by atoms with van der Waals surface area (Å²) in [5.41, 5.74) is 1.43. The van der Waals surface area contributed by atoms with Gasteiger partial charge in [-0.15, -0.1) is 0 Å². The molecule has 1 aliphatic heterocycles. The Bertz CT molecular complexity index is 479. The van der Waals surface area contributed by atoms with Crippen LogP contribution in [-0.2, 0) is 0 Å². The second kappa shape index (κ2) is 7.63. The molecule has 3 rings (SSSR count). The van der Waals surface area contributed by atoms with E-state index >= 15 is 0 Å². The number of hydrogen-bond donors (Lipinski definition) is 2. The maximum atomic E-state index is 4.35. The first-order valence-corrected chi connectivity index (χ1v) is 8.61. The van der Waals surface area contributed by atoms with E-state index < -0.39 is 0 Å².